The molecule has 0 amide bonds. The summed E-state index contributed by atoms with van der Waals surface area (Å²) in [5.41, 5.74) is 0.919. The molecule has 0 aliphatic carbocycles. The van der Waals surface area contributed by atoms with Gasteiger partial charge in [-0.2, -0.15) is 0 Å². The van der Waals surface area contributed by atoms with Crippen LogP contribution in [0.15, 0.2) is 35.9 Å². The van der Waals surface area contributed by atoms with Crippen molar-refractivity contribution in [2.45, 2.75) is 33.8 Å². The molecule has 1 aromatic rings. The molecule has 0 aliphatic heterocycles. The van der Waals surface area contributed by atoms with Crippen LogP contribution in [0, 0.1) is 5.92 Å². The Balaban J connectivity index is 3.09. The van der Waals surface area contributed by atoms with E-state index >= 15 is 0 Å². The third-order valence-electron chi connectivity index (χ3n) is 2.46. The van der Waals surface area contributed by atoms with Gasteiger partial charge < -0.3 is 4.74 Å². The lowest BCUT2D eigenvalue weighted by Crippen LogP contribution is -2.22. The summed E-state index contributed by atoms with van der Waals surface area (Å²) < 4.78 is 5.13. The van der Waals surface area contributed by atoms with Crippen molar-refractivity contribution in [2.75, 3.05) is 0 Å². The molecule has 3 nitrogen and oxygen atoms in total. The Morgan fingerprint density at radius 1 is 1.05 bits per heavy atom. The fraction of sp³-hybridized carbons (Fsp3) is 0.375. The molecule has 1 aromatic carbocycles. The SMILES string of the molecule is CC(C)OC(=O)C(=Cc1ccccc1)C(=O)C(C)C. The monoisotopic (exact) mass is 260 g/mol. The van der Waals surface area contributed by atoms with Gasteiger partial charge in [-0.1, -0.05) is 44.2 Å². The second-order valence-electron chi connectivity index (χ2n) is 4.94. The third kappa shape index (κ3) is 4.70. The largest absolute Gasteiger partial charge is 0.459 e. The van der Waals surface area contributed by atoms with Crippen LogP contribution < -0.4 is 0 Å². The first-order valence-corrected chi connectivity index (χ1v) is 6.43. The number of ether oxygens (including phenoxy) is 1. The number of carbonyl (C=O) groups is 2. The molecule has 0 N–H and O–H groups in total. The van der Waals surface area contributed by atoms with Crippen LogP contribution in [0.1, 0.15) is 33.3 Å². The van der Waals surface area contributed by atoms with Crippen molar-refractivity contribution in [1.82, 2.24) is 0 Å². The molecule has 0 atom stereocenters. The van der Waals surface area contributed by atoms with Crippen LogP contribution >= 0.6 is 0 Å². The number of rotatable bonds is 5. The second kappa shape index (κ2) is 6.88. The van der Waals surface area contributed by atoms with Gasteiger partial charge in [0.25, 0.3) is 0 Å². The number of carbonyl (C=O) groups excluding carboxylic acids is 2. The van der Waals surface area contributed by atoms with Gasteiger partial charge >= 0.3 is 5.97 Å². The lowest BCUT2D eigenvalue weighted by Gasteiger charge is -2.12. The number of ketones is 1. The van der Waals surface area contributed by atoms with Crippen molar-refractivity contribution < 1.29 is 14.3 Å². The van der Waals surface area contributed by atoms with E-state index < -0.39 is 5.97 Å². The molecule has 0 unspecified atom stereocenters. The minimum Gasteiger partial charge on any atom is -0.459 e. The van der Waals surface area contributed by atoms with Crippen LogP contribution in [0.5, 0.6) is 0 Å². The molecule has 0 radical (unpaired) electrons. The van der Waals surface area contributed by atoms with E-state index in [9.17, 15) is 9.59 Å². The first-order chi connectivity index (χ1) is 8.91. The van der Waals surface area contributed by atoms with E-state index in [1.54, 1.807) is 33.8 Å². The average Bonchev–Trinajstić information content (AvgIpc) is 2.35. The molecule has 0 saturated heterocycles. The molecule has 0 bridgehead atoms. The molecule has 0 saturated carbocycles. The van der Waals surface area contributed by atoms with Crippen LogP contribution in [0.25, 0.3) is 6.08 Å². The van der Waals surface area contributed by atoms with Crippen LogP contribution in [0.3, 0.4) is 0 Å². The number of esters is 1. The highest BCUT2D eigenvalue weighted by Gasteiger charge is 2.23. The normalized spacial score (nSPS) is 11.8. The van der Waals surface area contributed by atoms with Crippen molar-refractivity contribution in [3.05, 3.63) is 41.5 Å². The number of hydrogen-bond acceptors (Lipinski definition) is 3. The smallest absolute Gasteiger partial charge is 0.342 e. The summed E-state index contributed by atoms with van der Waals surface area (Å²) in [6.45, 7) is 7.06. The molecule has 102 valence electrons. The van der Waals surface area contributed by atoms with Gasteiger partial charge in [0.05, 0.1) is 6.10 Å². The Morgan fingerprint density at radius 2 is 1.63 bits per heavy atom. The van der Waals surface area contributed by atoms with Gasteiger partial charge in [0.15, 0.2) is 5.78 Å². The minimum atomic E-state index is -0.558. The molecule has 19 heavy (non-hydrogen) atoms. The zero-order valence-corrected chi connectivity index (χ0v) is 11.8. The molecule has 0 spiro atoms. The minimum absolute atomic E-state index is 0.106. The summed E-state index contributed by atoms with van der Waals surface area (Å²) in [5, 5.41) is 0. The Kier molecular flexibility index (Phi) is 5.49. The highest BCUT2D eigenvalue weighted by molar-refractivity contribution is 6.21. The first-order valence-electron chi connectivity index (χ1n) is 6.43. The molecule has 1 rings (SSSR count). The van der Waals surface area contributed by atoms with Crippen molar-refractivity contribution in [2.24, 2.45) is 5.92 Å². The fourth-order valence-electron chi connectivity index (χ4n) is 1.54. The highest BCUT2D eigenvalue weighted by Crippen LogP contribution is 2.14. The Bertz CT molecular complexity index is 470. The fourth-order valence-corrected chi connectivity index (χ4v) is 1.54. The summed E-state index contributed by atoms with van der Waals surface area (Å²) in [6, 6.07) is 9.29. The predicted molar refractivity (Wildman–Crippen MR) is 75.5 cm³/mol. The van der Waals surface area contributed by atoms with Gasteiger partial charge in [0.1, 0.15) is 5.57 Å². The molecule has 0 heterocycles. The second-order valence-corrected chi connectivity index (χ2v) is 4.94. The Hall–Kier alpha value is -1.90. The number of benzene rings is 1. The standard InChI is InChI=1S/C16H20O3/c1-11(2)15(17)14(16(18)19-12(3)4)10-13-8-6-5-7-9-13/h5-12H,1-4H3. The van der Waals surface area contributed by atoms with E-state index in [4.69, 9.17) is 4.74 Å². The molecular formula is C16H20O3. The summed E-state index contributed by atoms with van der Waals surface area (Å²) in [4.78, 5) is 24.1. The van der Waals surface area contributed by atoms with E-state index in [2.05, 4.69) is 0 Å². The van der Waals surface area contributed by atoms with Crippen molar-refractivity contribution in [1.29, 1.82) is 0 Å². The van der Waals surface area contributed by atoms with Gasteiger partial charge in [-0.15, -0.1) is 0 Å². The molecule has 0 aliphatic rings. The molecule has 0 fully saturated rings. The highest BCUT2D eigenvalue weighted by atomic mass is 16.5. The predicted octanol–water partition coefficient (Wildman–Crippen LogP) is 3.25. The number of hydrogen-bond donors (Lipinski definition) is 0. The van der Waals surface area contributed by atoms with E-state index in [-0.39, 0.29) is 23.4 Å². The molecule has 0 aromatic heterocycles. The number of Topliss-reactive ketones (excluding diaryl/α,β-unsaturated/α-hetero) is 1. The van der Waals surface area contributed by atoms with E-state index in [1.165, 1.54) is 0 Å². The van der Waals surface area contributed by atoms with E-state index in [0.29, 0.717) is 0 Å². The maximum atomic E-state index is 12.1. The van der Waals surface area contributed by atoms with Gasteiger partial charge in [-0.25, -0.2) is 4.79 Å². The summed E-state index contributed by atoms with van der Waals surface area (Å²) in [7, 11) is 0. The third-order valence-corrected chi connectivity index (χ3v) is 2.46. The average molecular weight is 260 g/mol. The van der Waals surface area contributed by atoms with Crippen LogP contribution in [0.4, 0.5) is 0 Å². The Morgan fingerprint density at radius 3 is 2.11 bits per heavy atom. The zero-order chi connectivity index (χ0) is 14.4. The summed E-state index contributed by atoms with van der Waals surface area (Å²) in [6.07, 6.45) is 1.35. The topological polar surface area (TPSA) is 43.4 Å². The summed E-state index contributed by atoms with van der Waals surface area (Å²) in [5.74, 6) is -0.998. The molecule has 3 heteroatoms. The maximum absolute atomic E-state index is 12.1. The Labute approximate surface area is 114 Å². The summed E-state index contributed by atoms with van der Waals surface area (Å²) >= 11 is 0. The van der Waals surface area contributed by atoms with Gasteiger partial charge in [0.2, 0.25) is 0 Å². The van der Waals surface area contributed by atoms with E-state index in [0.717, 1.165) is 5.56 Å². The van der Waals surface area contributed by atoms with Gasteiger partial charge in [-0.05, 0) is 25.5 Å². The molecular weight excluding hydrogens is 240 g/mol. The van der Waals surface area contributed by atoms with Gasteiger partial charge in [0, 0.05) is 5.92 Å². The van der Waals surface area contributed by atoms with E-state index in [1.807, 2.05) is 30.3 Å². The van der Waals surface area contributed by atoms with Crippen molar-refractivity contribution >= 4 is 17.8 Å². The maximum Gasteiger partial charge on any atom is 0.342 e. The van der Waals surface area contributed by atoms with Crippen LogP contribution in [-0.2, 0) is 14.3 Å². The first kappa shape index (κ1) is 15.2. The lowest BCUT2D eigenvalue weighted by atomic mass is 9.99. The van der Waals surface area contributed by atoms with Crippen molar-refractivity contribution in [3.63, 3.8) is 0 Å². The zero-order valence-electron chi connectivity index (χ0n) is 11.8. The van der Waals surface area contributed by atoms with Gasteiger partial charge in [-0.3, -0.25) is 4.79 Å². The lowest BCUT2D eigenvalue weighted by molar-refractivity contribution is -0.144. The van der Waals surface area contributed by atoms with Crippen LogP contribution in [0.2, 0.25) is 0 Å². The quantitative estimate of drug-likeness (QED) is 0.353. The van der Waals surface area contributed by atoms with Crippen molar-refractivity contribution in [3.8, 4) is 0 Å². The van der Waals surface area contributed by atoms with Crippen LogP contribution in [-0.4, -0.2) is 17.9 Å².